The summed E-state index contributed by atoms with van der Waals surface area (Å²) >= 11 is 0. The Morgan fingerprint density at radius 1 is 1.31 bits per heavy atom. The first-order valence-corrected chi connectivity index (χ1v) is 5.42. The predicted molar refractivity (Wildman–Crippen MR) is 63.3 cm³/mol. The van der Waals surface area contributed by atoms with Gasteiger partial charge in [-0.25, -0.2) is 0 Å². The lowest BCUT2D eigenvalue weighted by Gasteiger charge is -2.19. The molecule has 2 N–H and O–H groups in total. The van der Waals surface area contributed by atoms with Gasteiger partial charge in [-0.05, 0) is 26.8 Å². The zero-order valence-corrected chi connectivity index (χ0v) is 10.2. The number of pyridine rings is 1. The van der Waals surface area contributed by atoms with E-state index in [0.29, 0.717) is 19.8 Å². The van der Waals surface area contributed by atoms with Crippen molar-refractivity contribution in [2.24, 2.45) is 5.73 Å². The van der Waals surface area contributed by atoms with E-state index in [1.54, 1.807) is 12.4 Å². The lowest BCUT2D eigenvalue weighted by molar-refractivity contribution is -0.0164. The Labute approximate surface area is 96.8 Å². The molecular formula is C12H20N2O2. The van der Waals surface area contributed by atoms with Crippen LogP contribution in [-0.4, -0.2) is 23.8 Å². The summed E-state index contributed by atoms with van der Waals surface area (Å²) < 4.78 is 11.1. The molecule has 1 rings (SSSR count). The zero-order valence-electron chi connectivity index (χ0n) is 10.2. The lowest BCUT2D eigenvalue weighted by atomic mass is 10.2. The standard InChI is InChI=1S/C12H20N2O2/c1-12(2,3)16-7-6-15-11-4-5-14-9-10(11)8-13/h4-5,9H,6-8,13H2,1-3H3. The topological polar surface area (TPSA) is 57.4 Å². The molecule has 0 saturated carbocycles. The fraction of sp³-hybridized carbons (Fsp3) is 0.583. The van der Waals surface area contributed by atoms with Crippen molar-refractivity contribution >= 4 is 0 Å². The Kier molecular flexibility index (Phi) is 4.71. The maximum absolute atomic E-state index is 5.58. The van der Waals surface area contributed by atoms with Gasteiger partial charge in [0, 0.05) is 24.5 Å². The summed E-state index contributed by atoms with van der Waals surface area (Å²) in [5.74, 6) is 0.787. The second-order valence-electron chi connectivity index (χ2n) is 4.50. The maximum Gasteiger partial charge on any atom is 0.126 e. The smallest absolute Gasteiger partial charge is 0.126 e. The summed E-state index contributed by atoms with van der Waals surface area (Å²) in [4.78, 5) is 3.99. The van der Waals surface area contributed by atoms with E-state index in [0.717, 1.165) is 11.3 Å². The molecule has 0 aromatic carbocycles. The second-order valence-corrected chi connectivity index (χ2v) is 4.50. The van der Waals surface area contributed by atoms with Crippen LogP contribution in [0.2, 0.25) is 0 Å². The van der Waals surface area contributed by atoms with Crippen LogP contribution >= 0.6 is 0 Å². The predicted octanol–water partition coefficient (Wildman–Crippen LogP) is 1.73. The summed E-state index contributed by atoms with van der Waals surface area (Å²) in [7, 11) is 0. The molecule has 0 radical (unpaired) electrons. The van der Waals surface area contributed by atoms with Crippen LogP contribution in [0.1, 0.15) is 26.3 Å². The third-order valence-corrected chi connectivity index (χ3v) is 1.95. The average molecular weight is 224 g/mol. The van der Waals surface area contributed by atoms with Crippen LogP contribution in [0.5, 0.6) is 5.75 Å². The van der Waals surface area contributed by atoms with Crippen LogP contribution in [0, 0.1) is 0 Å². The number of rotatable bonds is 5. The highest BCUT2D eigenvalue weighted by atomic mass is 16.5. The molecule has 1 aromatic rings. The minimum Gasteiger partial charge on any atom is -0.491 e. The van der Waals surface area contributed by atoms with Crippen LogP contribution in [0.3, 0.4) is 0 Å². The van der Waals surface area contributed by atoms with Gasteiger partial charge >= 0.3 is 0 Å². The Hall–Kier alpha value is -1.13. The minimum absolute atomic E-state index is 0.127. The third-order valence-electron chi connectivity index (χ3n) is 1.95. The van der Waals surface area contributed by atoms with E-state index in [4.69, 9.17) is 15.2 Å². The summed E-state index contributed by atoms with van der Waals surface area (Å²) in [5, 5.41) is 0. The van der Waals surface area contributed by atoms with Gasteiger partial charge in [0.2, 0.25) is 0 Å². The lowest BCUT2D eigenvalue weighted by Crippen LogP contribution is -2.22. The summed E-state index contributed by atoms with van der Waals surface area (Å²) in [6.07, 6.45) is 3.42. The molecule has 0 unspecified atom stereocenters. The molecule has 0 bridgehead atoms. The molecule has 0 saturated heterocycles. The average Bonchev–Trinajstić information content (AvgIpc) is 2.23. The third kappa shape index (κ3) is 4.59. The highest BCUT2D eigenvalue weighted by Crippen LogP contribution is 2.15. The SMILES string of the molecule is CC(C)(C)OCCOc1ccncc1CN. The van der Waals surface area contributed by atoms with Crippen molar-refractivity contribution in [1.82, 2.24) is 4.98 Å². The first-order chi connectivity index (χ1) is 7.53. The van der Waals surface area contributed by atoms with Crippen molar-refractivity contribution in [2.45, 2.75) is 32.9 Å². The molecule has 0 spiro atoms. The Morgan fingerprint density at radius 3 is 2.69 bits per heavy atom. The molecular weight excluding hydrogens is 204 g/mol. The van der Waals surface area contributed by atoms with E-state index in [1.807, 2.05) is 26.8 Å². The molecule has 0 aliphatic heterocycles. The van der Waals surface area contributed by atoms with Crippen LogP contribution in [0.15, 0.2) is 18.5 Å². The van der Waals surface area contributed by atoms with Gasteiger partial charge in [0.1, 0.15) is 12.4 Å². The highest BCUT2D eigenvalue weighted by molar-refractivity contribution is 5.29. The fourth-order valence-electron chi connectivity index (χ4n) is 1.21. The highest BCUT2D eigenvalue weighted by Gasteiger charge is 2.09. The van der Waals surface area contributed by atoms with Gasteiger partial charge in [-0.15, -0.1) is 0 Å². The maximum atomic E-state index is 5.58. The molecule has 4 nitrogen and oxygen atoms in total. The molecule has 90 valence electrons. The number of nitrogens with zero attached hydrogens (tertiary/aromatic N) is 1. The normalized spacial score (nSPS) is 11.5. The zero-order chi connectivity index (χ0) is 12.0. The van der Waals surface area contributed by atoms with Gasteiger partial charge in [0.05, 0.1) is 12.2 Å². The van der Waals surface area contributed by atoms with Crippen LogP contribution in [0.25, 0.3) is 0 Å². The monoisotopic (exact) mass is 224 g/mol. The summed E-state index contributed by atoms with van der Waals surface area (Å²) in [5.41, 5.74) is 6.36. The van der Waals surface area contributed by atoms with Crippen molar-refractivity contribution in [3.63, 3.8) is 0 Å². The molecule has 0 aliphatic carbocycles. The number of hydrogen-bond acceptors (Lipinski definition) is 4. The van der Waals surface area contributed by atoms with Crippen molar-refractivity contribution < 1.29 is 9.47 Å². The Bertz CT molecular complexity index is 321. The molecule has 0 aliphatic rings. The fourth-order valence-corrected chi connectivity index (χ4v) is 1.21. The molecule has 1 heterocycles. The minimum atomic E-state index is -0.127. The molecule has 0 atom stereocenters. The Morgan fingerprint density at radius 2 is 2.06 bits per heavy atom. The largest absolute Gasteiger partial charge is 0.491 e. The molecule has 0 fully saturated rings. The first kappa shape index (κ1) is 12.9. The quantitative estimate of drug-likeness (QED) is 0.774. The van der Waals surface area contributed by atoms with Crippen molar-refractivity contribution in [2.75, 3.05) is 13.2 Å². The van der Waals surface area contributed by atoms with Crippen molar-refractivity contribution in [3.8, 4) is 5.75 Å². The van der Waals surface area contributed by atoms with E-state index in [2.05, 4.69) is 4.98 Å². The first-order valence-electron chi connectivity index (χ1n) is 5.42. The van der Waals surface area contributed by atoms with Crippen LogP contribution in [-0.2, 0) is 11.3 Å². The molecule has 1 aromatic heterocycles. The van der Waals surface area contributed by atoms with Gasteiger partial charge < -0.3 is 15.2 Å². The molecule has 16 heavy (non-hydrogen) atoms. The van der Waals surface area contributed by atoms with Gasteiger partial charge in [-0.3, -0.25) is 4.98 Å². The van der Waals surface area contributed by atoms with Gasteiger partial charge in [-0.1, -0.05) is 0 Å². The molecule has 4 heteroatoms. The summed E-state index contributed by atoms with van der Waals surface area (Å²) in [6, 6.07) is 1.82. The van der Waals surface area contributed by atoms with Crippen LogP contribution in [0.4, 0.5) is 0 Å². The van der Waals surface area contributed by atoms with E-state index < -0.39 is 0 Å². The van der Waals surface area contributed by atoms with Gasteiger partial charge in [0.15, 0.2) is 0 Å². The number of aromatic nitrogens is 1. The Balaban J connectivity index is 2.37. The number of ether oxygens (including phenoxy) is 2. The van der Waals surface area contributed by atoms with Gasteiger partial charge in [0.25, 0.3) is 0 Å². The van der Waals surface area contributed by atoms with Crippen molar-refractivity contribution in [3.05, 3.63) is 24.0 Å². The van der Waals surface area contributed by atoms with Gasteiger partial charge in [-0.2, -0.15) is 0 Å². The van der Waals surface area contributed by atoms with E-state index in [9.17, 15) is 0 Å². The second kappa shape index (κ2) is 5.82. The van der Waals surface area contributed by atoms with E-state index >= 15 is 0 Å². The van der Waals surface area contributed by atoms with E-state index in [1.165, 1.54) is 0 Å². The number of nitrogens with two attached hydrogens (primary N) is 1. The summed E-state index contributed by atoms with van der Waals surface area (Å²) in [6.45, 7) is 7.58. The molecule has 0 amide bonds. The van der Waals surface area contributed by atoms with Crippen LogP contribution < -0.4 is 10.5 Å². The van der Waals surface area contributed by atoms with E-state index in [-0.39, 0.29) is 5.60 Å². The number of hydrogen-bond donors (Lipinski definition) is 1. The van der Waals surface area contributed by atoms with Crippen molar-refractivity contribution in [1.29, 1.82) is 0 Å².